The van der Waals surface area contributed by atoms with Crippen LogP contribution >= 0.6 is 0 Å². The van der Waals surface area contributed by atoms with Crippen molar-refractivity contribution in [3.8, 4) is 0 Å². The number of hydrogen-bond acceptors (Lipinski definition) is 3. The zero-order chi connectivity index (χ0) is 17.1. The van der Waals surface area contributed by atoms with Crippen LogP contribution in [0.1, 0.15) is 47.6 Å². The van der Waals surface area contributed by atoms with Crippen LogP contribution in [0, 0.1) is 6.92 Å². The molecular weight excluding hydrogens is 300 g/mol. The van der Waals surface area contributed by atoms with E-state index >= 15 is 0 Å². The van der Waals surface area contributed by atoms with Crippen LogP contribution in [0.15, 0.2) is 36.7 Å². The fourth-order valence-corrected chi connectivity index (χ4v) is 3.31. The van der Waals surface area contributed by atoms with Gasteiger partial charge in [-0.1, -0.05) is 6.07 Å². The quantitative estimate of drug-likeness (QED) is 0.939. The molecule has 0 spiro atoms. The minimum Gasteiger partial charge on any atom is -0.378 e. The lowest BCUT2D eigenvalue weighted by atomic mass is 9.91. The molecule has 2 aromatic rings. The lowest BCUT2D eigenvalue weighted by Crippen LogP contribution is -2.38. The Bertz CT molecular complexity index is 699. The average molecular weight is 326 g/mol. The third kappa shape index (κ3) is 3.78. The summed E-state index contributed by atoms with van der Waals surface area (Å²) in [6.45, 7) is 2.07. The van der Waals surface area contributed by atoms with E-state index in [0.717, 1.165) is 36.9 Å². The van der Waals surface area contributed by atoms with Gasteiger partial charge >= 0.3 is 0 Å². The van der Waals surface area contributed by atoms with Crippen LogP contribution in [0.25, 0.3) is 0 Å². The number of carbonyl (C=O) groups is 1. The highest BCUT2D eigenvalue weighted by atomic mass is 16.1. The van der Waals surface area contributed by atoms with Crippen molar-refractivity contribution >= 4 is 11.6 Å². The van der Waals surface area contributed by atoms with Crippen molar-refractivity contribution in [3.63, 3.8) is 0 Å². The number of aromatic nitrogens is 2. The maximum Gasteiger partial charge on any atom is 0.251 e. The van der Waals surface area contributed by atoms with Crippen molar-refractivity contribution in [2.45, 2.75) is 44.7 Å². The van der Waals surface area contributed by atoms with Gasteiger partial charge in [0.2, 0.25) is 0 Å². The first-order chi connectivity index (χ1) is 11.5. The van der Waals surface area contributed by atoms with Gasteiger partial charge in [-0.05, 0) is 56.4 Å². The van der Waals surface area contributed by atoms with Crippen molar-refractivity contribution in [2.75, 3.05) is 19.0 Å². The molecule has 1 N–H and O–H groups in total. The minimum atomic E-state index is 0.0251. The molecule has 5 nitrogen and oxygen atoms in total. The number of rotatable bonds is 4. The summed E-state index contributed by atoms with van der Waals surface area (Å²) in [7, 11) is 3.96. The van der Waals surface area contributed by atoms with Crippen LogP contribution in [0.3, 0.4) is 0 Å². The Morgan fingerprint density at radius 3 is 2.62 bits per heavy atom. The largest absolute Gasteiger partial charge is 0.378 e. The fraction of sp³-hybridized carbons (Fsp3) is 0.474. The number of benzene rings is 1. The molecule has 1 aromatic carbocycles. The van der Waals surface area contributed by atoms with Gasteiger partial charge in [-0.3, -0.25) is 9.48 Å². The standard InChI is InChI=1S/C19H26N4O/c1-14-12-20-23(13-14)17-9-7-16(8-10-17)21-19(24)15-5-4-6-18(11-15)22(2)3/h4-6,11-13,16-17H,7-10H2,1-3H3,(H,21,24). The third-order valence-electron chi connectivity index (χ3n) is 4.76. The van der Waals surface area contributed by atoms with Crippen molar-refractivity contribution < 1.29 is 4.79 Å². The van der Waals surface area contributed by atoms with E-state index in [2.05, 4.69) is 28.2 Å². The topological polar surface area (TPSA) is 50.2 Å². The van der Waals surface area contributed by atoms with Gasteiger partial charge in [0, 0.05) is 37.6 Å². The minimum absolute atomic E-state index is 0.0251. The number of nitrogens with one attached hydrogen (secondary N) is 1. The lowest BCUT2D eigenvalue weighted by molar-refractivity contribution is 0.0922. The van der Waals surface area contributed by atoms with E-state index in [1.165, 1.54) is 5.56 Å². The maximum absolute atomic E-state index is 12.5. The summed E-state index contributed by atoms with van der Waals surface area (Å²) >= 11 is 0. The fourth-order valence-electron chi connectivity index (χ4n) is 3.31. The third-order valence-corrected chi connectivity index (χ3v) is 4.76. The van der Waals surface area contributed by atoms with Gasteiger partial charge in [-0.2, -0.15) is 5.10 Å². The smallest absolute Gasteiger partial charge is 0.251 e. The molecule has 128 valence electrons. The number of aryl methyl sites for hydroxylation is 1. The molecule has 0 bridgehead atoms. The molecule has 24 heavy (non-hydrogen) atoms. The molecule has 0 saturated heterocycles. The Balaban J connectivity index is 1.56. The number of anilines is 1. The highest BCUT2D eigenvalue weighted by Gasteiger charge is 2.24. The molecule has 0 unspecified atom stereocenters. The van der Waals surface area contributed by atoms with E-state index in [0.29, 0.717) is 6.04 Å². The van der Waals surface area contributed by atoms with Gasteiger partial charge in [-0.15, -0.1) is 0 Å². The second-order valence-corrected chi connectivity index (χ2v) is 6.92. The molecule has 3 rings (SSSR count). The van der Waals surface area contributed by atoms with Gasteiger partial charge in [0.25, 0.3) is 5.91 Å². The van der Waals surface area contributed by atoms with Gasteiger partial charge < -0.3 is 10.2 Å². The highest BCUT2D eigenvalue weighted by Crippen LogP contribution is 2.28. The van der Waals surface area contributed by atoms with Crippen molar-refractivity contribution in [2.24, 2.45) is 0 Å². The summed E-state index contributed by atoms with van der Waals surface area (Å²) in [5, 5.41) is 7.62. The Morgan fingerprint density at radius 1 is 1.25 bits per heavy atom. The Labute approximate surface area is 143 Å². The molecule has 1 aromatic heterocycles. The molecule has 0 radical (unpaired) electrons. The number of carbonyl (C=O) groups excluding carboxylic acids is 1. The predicted octanol–water partition coefficient (Wildman–Crippen LogP) is 3.17. The second kappa shape index (κ2) is 7.07. The Kier molecular flexibility index (Phi) is 4.88. The predicted molar refractivity (Wildman–Crippen MR) is 96.5 cm³/mol. The zero-order valence-corrected chi connectivity index (χ0v) is 14.7. The van der Waals surface area contributed by atoms with E-state index in [4.69, 9.17) is 0 Å². The average Bonchev–Trinajstić information content (AvgIpc) is 3.02. The Morgan fingerprint density at radius 2 is 2.00 bits per heavy atom. The van der Waals surface area contributed by atoms with Crippen molar-refractivity contribution in [3.05, 3.63) is 47.8 Å². The normalized spacial score (nSPS) is 20.6. The summed E-state index contributed by atoms with van der Waals surface area (Å²) in [6, 6.07) is 8.47. The zero-order valence-electron chi connectivity index (χ0n) is 14.7. The van der Waals surface area contributed by atoms with E-state index in [1.54, 1.807) is 0 Å². The molecule has 1 fully saturated rings. The van der Waals surface area contributed by atoms with Crippen LogP contribution < -0.4 is 10.2 Å². The molecule has 1 amide bonds. The molecule has 1 aliphatic carbocycles. The van der Waals surface area contributed by atoms with Crippen molar-refractivity contribution in [1.82, 2.24) is 15.1 Å². The summed E-state index contributed by atoms with van der Waals surface area (Å²) < 4.78 is 2.08. The summed E-state index contributed by atoms with van der Waals surface area (Å²) in [6.07, 6.45) is 8.14. The molecule has 0 atom stereocenters. The Hall–Kier alpha value is -2.30. The van der Waals surface area contributed by atoms with Gasteiger partial charge in [0.1, 0.15) is 0 Å². The highest BCUT2D eigenvalue weighted by molar-refractivity contribution is 5.95. The van der Waals surface area contributed by atoms with Crippen LogP contribution in [0.2, 0.25) is 0 Å². The van der Waals surface area contributed by atoms with E-state index in [1.807, 2.05) is 49.5 Å². The second-order valence-electron chi connectivity index (χ2n) is 6.92. The summed E-state index contributed by atoms with van der Waals surface area (Å²) in [5.41, 5.74) is 2.97. The lowest BCUT2D eigenvalue weighted by Gasteiger charge is -2.29. The van der Waals surface area contributed by atoms with Crippen LogP contribution in [0.5, 0.6) is 0 Å². The number of nitrogens with zero attached hydrogens (tertiary/aromatic N) is 3. The SMILES string of the molecule is Cc1cnn(C2CCC(NC(=O)c3cccc(N(C)C)c3)CC2)c1. The van der Waals surface area contributed by atoms with Crippen LogP contribution in [0.4, 0.5) is 5.69 Å². The van der Waals surface area contributed by atoms with Gasteiger partial charge in [-0.25, -0.2) is 0 Å². The molecule has 1 saturated carbocycles. The van der Waals surface area contributed by atoms with Crippen molar-refractivity contribution in [1.29, 1.82) is 0 Å². The van der Waals surface area contributed by atoms with Gasteiger partial charge in [0.15, 0.2) is 0 Å². The van der Waals surface area contributed by atoms with Crippen LogP contribution in [-0.4, -0.2) is 35.8 Å². The first-order valence-electron chi connectivity index (χ1n) is 8.62. The molecular formula is C19H26N4O. The van der Waals surface area contributed by atoms with Gasteiger partial charge in [0.05, 0.1) is 12.2 Å². The number of hydrogen-bond donors (Lipinski definition) is 1. The molecule has 5 heteroatoms. The molecule has 1 heterocycles. The maximum atomic E-state index is 12.5. The monoisotopic (exact) mass is 326 g/mol. The van der Waals surface area contributed by atoms with E-state index in [9.17, 15) is 4.79 Å². The first kappa shape index (κ1) is 16.6. The summed E-state index contributed by atoms with van der Waals surface area (Å²) in [5.74, 6) is 0.0251. The number of amides is 1. The van der Waals surface area contributed by atoms with E-state index < -0.39 is 0 Å². The summed E-state index contributed by atoms with van der Waals surface area (Å²) in [4.78, 5) is 14.5. The van der Waals surface area contributed by atoms with E-state index in [-0.39, 0.29) is 11.9 Å². The molecule has 0 aliphatic heterocycles. The van der Waals surface area contributed by atoms with Crippen LogP contribution in [-0.2, 0) is 0 Å². The molecule has 1 aliphatic rings. The first-order valence-corrected chi connectivity index (χ1v) is 8.62.